The summed E-state index contributed by atoms with van der Waals surface area (Å²) >= 11 is 0. The summed E-state index contributed by atoms with van der Waals surface area (Å²) in [6.07, 6.45) is 45.1. The molecule has 6 heteroatoms. The van der Waals surface area contributed by atoms with Gasteiger partial charge in [0, 0.05) is 19.3 Å². The van der Waals surface area contributed by atoms with Crippen molar-refractivity contribution in [3.05, 3.63) is 0 Å². The highest BCUT2D eigenvalue weighted by molar-refractivity contribution is 5.71. The Hall–Kier alpha value is -1.59. The van der Waals surface area contributed by atoms with Crippen LogP contribution in [0.25, 0.3) is 0 Å². The van der Waals surface area contributed by atoms with Crippen molar-refractivity contribution in [1.82, 2.24) is 0 Å². The Morgan fingerprint density at radius 1 is 0.339 bits per heavy atom. The summed E-state index contributed by atoms with van der Waals surface area (Å²) in [5, 5.41) is 0. The summed E-state index contributed by atoms with van der Waals surface area (Å²) in [5.41, 5.74) is 0. The van der Waals surface area contributed by atoms with E-state index in [2.05, 4.69) is 27.7 Å². The number of hydrogen-bond donors (Lipinski definition) is 0. The van der Waals surface area contributed by atoms with Crippen molar-refractivity contribution in [3.63, 3.8) is 0 Å². The molecule has 0 rings (SSSR count). The molecule has 0 N–H and O–H groups in total. The molecule has 0 aliphatic carbocycles. The van der Waals surface area contributed by atoms with E-state index in [1.54, 1.807) is 0 Å². The minimum absolute atomic E-state index is 0.0633. The molecule has 0 unspecified atom stereocenters. The van der Waals surface area contributed by atoms with E-state index in [9.17, 15) is 14.4 Å². The van der Waals surface area contributed by atoms with Crippen LogP contribution in [0.4, 0.5) is 0 Å². The summed E-state index contributed by atoms with van der Waals surface area (Å²) in [6.45, 7) is 8.99. The van der Waals surface area contributed by atoms with Crippen molar-refractivity contribution in [1.29, 1.82) is 0 Å². The summed E-state index contributed by atoms with van der Waals surface area (Å²) in [7, 11) is 0. The zero-order valence-electron chi connectivity index (χ0n) is 38.1. The fraction of sp³-hybridized carbons (Fsp3) is 0.940. The minimum Gasteiger partial charge on any atom is -0.462 e. The zero-order chi connectivity index (χ0) is 41.0. The molecule has 0 spiro atoms. The summed E-state index contributed by atoms with van der Waals surface area (Å²) in [6, 6.07) is 0. The number of esters is 3. The summed E-state index contributed by atoms with van der Waals surface area (Å²) in [4.78, 5) is 37.8. The Labute approximate surface area is 348 Å². The molecule has 0 aromatic carbocycles. The molecule has 0 heterocycles. The molecule has 0 aliphatic rings. The van der Waals surface area contributed by atoms with E-state index in [0.717, 1.165) is 63.7 Å². The minimum atomic E-state index is -0.760. The molecule has 0 amide bonds. The van der Waals surface area contributed by atoms with Crippen molar-refractivity contribution < 1.29 is 28.6 Å². The molecule has 6 nitrogen and oxygen atoms in total. The summed E-state index contributed by atoms with van der Waals surface area (Å²) in [5.74, 6) is -0.0430. The maximum absolute atomic E-state index is 12.7. The maximum Gasteiger partial charge on any atom is 0.306 e. The van der Waals surface area contributed by atoms with Gasteiger partial charge in [-0.3, -0.25) is 14.4 Å². The third kappa shape index (κ3) is 43.5. The van der Waals surface area contributed by atoms with E-state index >= 15 is 0 Å². The van der Waals surface area contributed by atoms with Crippen LogP contribution in [0.1, 0.15) is 278 Å². The van der Waals surface area contributed by atoms with E-state index in [-0.39, 0.29) is 31.1 Å². The number of carbonyl (C=O) groups is 3. The quantitative estimate of drug-likeness (QED) is 0.0347. The van der Waals surface area contributed by atoms with Gasteiger partial charge in [0.05, 0.1) is 0 Å². The molecule has 0 aromatic heterocycles. The van der Waals surface area contributed by atoms with Crippen LogP contribution in [0.2, 0.25) is 0 Å². The van der Waals surface area contributed by atoms with E-state index in [1.807, 2.05) is 0 Å². The molecular weight excluding hydrogens is 697 g/mol. The predicted molar refractivity (Wildman–Crippen MR) is 238 cm³/mol. The van der Waals surface area contributed by atoms with Gasteiger partial charge in [0.15, 0.2) is 6.10 Å². The van der Waals surface area contributed by atoms with Gasteiger partial charge in [-0.15, -0.1) is 0 Å². The molecule has 56 heavy (non-hydrogen) atoms. The normalized spacial score (nSPS) is 11.9. The van der Waals surface area contributed by atoms with Crippen LogP contribution in [0.3, 0.4) is 0 Å². The number of unbranched alkanes of at least 4 members (excludes halogenated alkanes) is 32. The topological polar surface area (TPSA) is 78.9 Å². The lowest BCUT2D eigenvalue weighted by Crippen LogP contribution is -2.30. The molecule has 1 atom stereocenters. The standard InChI is InChI=1S/C50H96O6/c1-5-7-9-11-13-15-17-18-19-20-22-26-30-34-38-42-49(52)55-45-47(44-54-48(51)41-37-33-29-25-21-16-14-12-10-8-6-2)56-50(53)43-39-35-31-27-23-24-28-32-36-40-46(3)4/h46-47H,5-45H2,1-4H3/t47-/m0/s1. The second kappa shape index (κ2) is 44.5. The van der Waals surface area contributed by atoms with E-state index in [4.69, 9.17) is 14.2 Å². The first-order valence-electron chi connectivity index (χ1n) is 24.9. The van der Waals surface area contributed by atoms with E-state index < -0.39 is 6.10 Å². The van der Waals surface area contributed by atoms with Gasteiger partial charge in [-0.2, -0.15) is 0 Å². The van der Waals surface area contributed by atoms with Gasteiger partial charge in [0.1, 0.15) is 13.2 Å². The van der Waals surface area contributed by atoms with Gasteiger partial charge >= 0.3 is 17.9 Å². The molecular formula is C50H96O6. The first-order chi connectivity index (χ1) is 27.4. The Balaban J connectivity index is 4.30. The second-order valence-corrected chi connectivity index (χ2v) is 17.6. The molecule has 0 bridgehead atoms. The van der Waals surface area contributed by atoms with Crippen LogP contribution in [0.15, 0.2) is 0 Å². The second-order valence-electron chi connectivity index (χ2n) is 17.6. The SMILES string of the molecule is CCCCCCCCCCCCCCCCCC(=O)OC[C@H](COC(=O)CCCCCCCCCCCCC)OC(=O)CCCCCCCCCCCC(C)C. The van der Waals surface area contributed by atoms with Crippen molar-refractivity contribution >= 4 is 17.9 Å². The highest BCUT2D eigenvalue weighted by Crippen LogP contribution is 2.17. The van der Waals surface area contributed by atoms with Gasteiger partial charge in [-0.1, -0.05) is 240 Å². The van der Waals surface area contributed by atoms with Gasteiger partial charge in [0.2, 0.25) is 0 Å². The lowest BCUT2D eigenvalue weighted by molar-refractivity contribution is -0.167. The summed E-state index contributed by atoms with van der Waals surface area (Å²) < 4.78 is 16.8. The van der Waals surface area contributed by atoms with Crippen LogP contribution in [-0.2, 0) is 28.6 Å². The number of carbonyl (C=O) groups excluding carboxylic acids is 3. The van der Waals surface area contributed by atoms with Crippen LogP contribution < -0.4 is 0 Å². The fourth-order valence-electron chi connectivity index (χ4n) is 7.51. The smallest absolute Gasteiger partial charge is 0.306 e. The Kier molecular flexibility index (Phi) is 43.2. The molecule has 0 saturated carbocycles. The van der Waals surface area contributed by atoms with Crippen molar-refractivity contribution in [3.8, 4) is 0 Å². The van der Waals surface area contributed by atoms with E-state index in [0.29, 0.717) is 19.3 Å². The highest BCUT2D eigenvalue weighted by Gasteiger charge is 2.19. The van der Waals surface area contributed by atoms with Crippen LogP contribution >= 0.6 is 0 Å². The van der Waals surface area contributed by atoms with Crippen molar-refractivity contribution in [2.24, 2.45) is 5.92 Å². The number of hydrogen-bond acceptors (Lipinski definition) is 6. The number of rotatable bonds is 45. The third-order valence-corrected chi connectivity index (χ3v) is 11.3. The monoisotopic (exact) mass is 793 g/mol. The molecule has 0 aliphatic heterocycles. The van der Waals surface area contributed by atoms with Gasteiger partial charge in [-0.25, -0.2) is 0 Å². The lowest BCUT2D eigenvalue weighted by Gasteiger charge is -2.18. The Morgan fingerprint density at radius 3 is 0.875 bits per heavy atom. The van der Waals surface area contributed by atoms with Crippen molar-refractivity contribution in [2.45, 2.75) is 284 Å². The zero-order valence-corrected chi connectivity index (χ0v) is 38.1. The average molecular weight is 793 g/mol. The van der Waals surface area contributed by atoms with Gasteiger partial charge < -0.3 is 14.2 Å². The molecule has 0 aromatic rings. The van der Waals surface area contributed by atoms with Crippen LogP contribution in [0, 0.1) is 5.92 Å². The van der Waals surface area contributed by atoms with Crippen LogP contribution in [-0.4, -0.2) is 37.2 Å². The molecule has 0 saturated heterocycles. The highest BCUT2D eigenvalue weighted by atomic mass is 16.6. The van der Waals surface area contributed by atoms with Crippen LogP contribution in [0.5, 0.6) is 0 Å². The van der Waals surface area contributed by atoms with Crippen molar-refractivity contribution in [2.75, 3.05) is 13.2 Å². The third-order valence-electron chi connectivity index (χ3n) is 11.3. The Bertz CT molecular complexity index is 841. The fourth-order valence-corrected chi connectivity index (χ4v) is 7.51. The molecule has 332 valence electrons. The average Bonchev–Trinajstić information content (AvgIpc) is 3.18. The van der Waals surface area contributed by atoms with Gasteiger partial charge in [-0.05, 0) is 25.2 Å². The van der Waals surface area contributed by atoms with E-state index in [1.165, 1.54) is 173 Å². The molecule has 0 radical (unpaired) electrons. The Morgan fingerprint density at radius 2 is 0.589 bits per heavy atom. The first kappa shape index (κ1) is 54.4. The predicted octanol–water partition coefficient (Wildman–Crippen LogP) is 15.9. The lowest BCUT2D eigenvalue weighted by atomic mass is 10.0. The largest absolute Gasteiger partial charge is 0.462 e. The first-order valence-corrected chi connectivity index (χ1v) is 24.9. The number of ether oxygens (including phenoxy) is 3. The maximum atomic E-state index is 12.7. The van der Waals surface area contributed by atoms with Gasteiger partial charge in [0.25, 0.3) is 0 Å². The molecule has 0 fully saturated rings.